The molecule has 0 saturated heterocycles. The maximum Gasteiger partial charge on any atom is 0.206 e. The minimum Gasteiger partial charge on any atom is -0.508 e. The van der Waals surface area contributed by atoms with Crippen molar-refractivity contribution in [1.29, 1.82) is 0 Å². The predicted molar refractivity (Wildman–Crippen MR) is 114 cm³/mol. The summed E-state index contributed by atoms with van der Waals surface area (Å²) in [6.45, 7) is 4.35. The van der Waals surface area contributed by atoms with Gasteiger partial charge in [0.15, 0.2) is 17.2 Å². The number of hydrogen-bond donors (Lipinski definition) is 5. The molecule has 3 atom stereocenters. The molecule has 0 heterocycles. The van der Waals surface area contributed by atoms with Gasteiger partial charge in [-0.05, 0) is 49.3 Å². The Labute approximate surface area is 183 Å². The third kappa shape index (κ3) is 2.65. The molecular weight excluding hydrogens is 426 g/mol. The van der Waals surface area contributed by atoms with Gasteiger partial charge in [0.25, 0.3) is 0 Å². The average Bonchev–Trinajstić information content (AvgIpc) is 2.68. The normalized spacial score (nSPS) is 25.2. The van der Waals surface area contributed by atoms with Crippen molar-refractivity contribution in [2.75, 3.05) is 0 Å². The number of halogens is 1. The van der Waals surface area contributed by atoms with E-state index in [1.165, 1.54) is 0 Å². The van der Waals surface area contributed by atoms with E-state index in [4.69, 9.17) is 5.73 Å². The van der Waals surface area contributed by atoms with Crippen LogP contribution < -0.4 is 5.73 Å². The molecule has 0 unspecified atom stereocenters. The lowest BCUT2D eigenvalue weighted by Gasteiger charge is -2.45. The van der Waals surface area contributed by atoms with Gasteiger partial charge in [-0.15, -0.1) is 12.4 Å². The molecule has 2 aromatic rings. The molecule has 0 amide bonds. The van der Waals surface area contributed by atoms with Gasteiger partial charge in [0.1, 0.15) is 22.8 Å². The summed E-state index contributed by atoms with van der Waals surface area (Å²) in [6, 6.07) is 1.97. The fourth-order valence-electron chi connectivity index (χ4n) is 4.76. The first-order chi connectivity index (χ1) is 13.9. The molecule has 2 aliphatic carbocycles. The summed E-state index contributed by atoms with van der Waals surface area (Å²) >= 11 is 0. The number of aliphatic hydroxyl groups is 2. The van der Waals surface area contributed by atoms with Gasteiger partial charge in [0.05, 0.1) is 17.0 Å². The van der Waals surface area contributed by atoms with Crippen LogP contribution in [0.2, 0.25) is 0 Å². The van der Waals surface area contributed by atoms with Gasteiger partial charge in [-0.2, -0.15) is 0 Å². The van der Waals surface area contributed by atoms with Gasteiger partial charge >= 0.3 is 0 Å². The molecular formula is C22H22ClNO7. The third-order valence-electron chi connectivity index (χ3n) is 6.48. The van der Waals surface area contributed by atoms with Crippen molar-refractivity contribution in [3.8, 4) is 11.5 Å². The molecule has 31 heavy (non-hydrogen) atoms. The predicted octanol–water partition coefficient (Wildman–Crippen LogP) is 1.69. The quantitative estimate of drug-likeness (QED) is 0.413. The number of carbonyl (C=O) groups is 3. The van der Waals surface area contributed by atoms with Gasteiger partial charge < -0.3 is 26.2 Å². The zero-order chi connectivity index (χ0) is 22.3. The maximum atomic E-state index is 13.5. The second-order valence-electron chi connectivity index (χ2n) is 8.06. The van der Waals surface area contributed by atoms with Crippen molar-refractivity contribution in [3.63, 3.8) is 0 Å². The molecule has 8 nitrogen and oxygen atoms in total. The Bertz CT molecular complexity index is 1230. The fraction of sp³-hybridized carbons (Fsp3) is 0.318. The van der Waals surface area contributed by atoms with Gasteiger partial charge in [-0.1, -0.05) is 12.1 Å². The van der Waals surface area contributed by atoms with E-state index in [2.05, 4.69) is 0 Å². The number of phenols is 2. The van der Waals surface area contributed by atoms with Crippen molar-refractivity contribution in [2.45, 2.75) is 38.8 Å². The van der Waals surface area contributed by atoms with E-state index < -0.39 is 52.0 Å². The summed E-state index contributed by atoms with van der Waals surface area (Å²) in [5, 5.41) is 43.9. The number of ketones is 3. The fourth-order valence-corrected chi connectivity index (χ4v) is 4.76. The standard InChI is InChI=1S/C22H21NO7.ClH/c1-7-4-5-10-8(2)11-6-12-16(23)19(27)13(9(3)24)20(28)22(12,30)21(29)15(11)18(26)14(10)17(7)25;/h4-5,12,16,25-26,28,30H,6,23H2,1-3H3;1H/t12-,16+,22+;/m0./s1. The first kappa shape index (κ1) is 22.7. The number of aliphatic hydroxyl groups excluding tert-OH is 1. The highest BCUT2D eigenvalue weighted by molar-refractivity contribution is 6.25. The molecule has 4 rings (SSSR count). The Balaban J connectivity index is 0.00000272. The van der Waals surface area contributed by atoms with E-state index in [1.807, 2.05) is 0 Å². The minimum atomic E-state index is -2.64. The van der Waals surface area contributed by atoms with Gasteiger partial charge in [0, 0.05) is 5.92 Å². The van der Waals surface area contributed by atoms with Crippen LogP contribution in [0.5, 0.6) is 11.5 Å². The van der Waals surface area contributed by atoms with E-state index in [9.17, 15) is 34.8 Å². The lowest BCUT2D eigenvalue weighted by atomic mass is 9.61. The monoisotopic (exact) mass is 447 g/mol. The molecule has 9 heteroatoms. The van der Waals surface area contributed by atoms with Crippen LogP contribution in [0.25, 0.3) is 10.8 Å². The summed E-state index contributed by atoms with van der Waals surface area (Å²) in [6.07, 6.45) is -0.0936. The molecule has 2 aromatic carbocycles. The van der Waals surface area contributed by atoms with Crippen molar-refractivity contribution < 1.29 is 34.8 Å². The lowest BCUT2D eigenvalue weighted by molar-refractivity contribution is -0.127. The third-order valence-corrected chi connectivity index (χ3v) is 6.48. The molecule has 6 N–H and O–H groups in total. The Morgan fingerprint density at radius 3 is 2.32 bits per heavy atom. The maximum absolute atomic E-state index is 13.5. The average molecular weight is 448 g/mol. The number of phenolic OH excluding ortho intramolecular Hbond substituents is 2. The van der Waals surface area contributed by atoms with Crippen molar-refractivity contribution in [2.24, 2.45) is 11.7 Å². The second-order valence-corrected chi connectivity index (χ2v) is 8.06. The number of carbonyl (C=O) groups excluding carboxylic acids is 3. The molecule has 164 valence electrons. The minimum absolute atomic E-state index is 0. The first-order valence-electron chi connectivity index (χ1n) is 9.42. The van der Waals surface area contributed by atoms with Crippen LogP contribution in [0.4, 0.5) is 0 Å². The number of benzene rings is 2. The summed E-state index contributed by atoms with van der Waals surface area (Å²) in [5.41, 5.74) is 3.80. The molecule has 0 radical (unpaired) electrons. The van der Waals surface area contributed by atoms with E-state index in [-0.39, 0.29) is 35.5 Å². The number of aryl methyl sites for hydroxylation is 2. The van der Waals surface area contributed by atoms with Gasteiger partial charge in [-0.3, -0.25) is 14.4 Å². The van der Waals surface area contributed by atoms with Gasteiger partial charge in [0.2, 0.25) is 5.78 Å². The van der Waals surface area contributed by atoms with Crippen LogP contribution in [0.1, 0.15) is 34.0 Å². The highest BCUT2D eigenvalue weighted by Gasteiger charge is 2.60. The van der Waals surface area contributed by atoms with E-state index in [0.29, 0.717) is 22.1 Å². The van der Waals surface area contributed by atoms with Crippen LogP contribution in [0.3, 0.4) is 0 Å². The Kier molecular flexibility index (Phi) is 5.17. The van der Waals surface area contributed by atoms with Crippen LogP contribution in [0.15, 0.2) is 23.5 Å². The van der Waals surface area contributed by atoms with Crippen LogP contribution in [-0.2, 0) is 16.0 Å². The Morgan fingerprint density at radius 2 is 1.74 bits per heavy atom. The summed E-state index contributed by atoms with van der Waals surface area (Å²) in [5.74, 6) is -5.76. The first-order valence-corrected chi connectivity index (χ1v) is 9.42. The zero-order valence-corrected chi connectivity index (χ0v) is 17.8. The molecule has 0 spiro atoms. The lowest BCUT2D eigenvalue weighted by Crippen LogP contribution is -2.63. The van der Waals surface area contributed by atoms with Crippen LogP contribution >= 0.6 is 12.4 Å². The molecule has 0 aliphatic heterocycles. The Morgan fingerprint density at radius 1 is 1.13 bits per heavy atom. The highest BCUT2D eigenvalue weighted by atomic mass is 35.5. The Hall–Kier alpha value is -2.94. The largest absolute Gasteiger partial charge is 0.508 e. The number of Topliss-reactive ketones (excluding diaryl/α,β-unsaturated/α-hetero) is 3. The molecule has 0 saturated carbocycles. The topological polar surface area (TPSA) is 158 Å². The van der Waals surface area contributed by atoms with Crippen molar-refractivity contribution in [1.82, 2.24) is 0 Å². The van der Waals surface area contributed by atoms with Crippen LogP contribution in [0, 0.1) is 19.8 Å². The summed E-state index contributed by atoms with van der Waals surface area (Å²) < 4.78 is 0. The number of hydrogen-bond acceptors (Lipinski definition) is 8. The number of aromatic hydroxyl groups is 2. The molecule has 0 fully saturated rings. The summed E-state index contributed by atoms with van der Waals surface area (Å²) in [7, 11) is 0. The molecule has 2 aliphatic rings. The molecule has 0 aromatic heterocycles. The molecule has 0 bridgehead atoms. The SMILES string of the molecule is CC(=O)C1=C(O)[C@@]2(O)C(=O)c3c(c(C)c4ccc(C)c(O)c4c3O)C[C@H]2[C@@H](N)C1=O.Cl. The van der Waals surface area contributed by atoms with E-state index in [1.54, 1.807) is 26.0 Å². The van der Waals surface area contributed by atoms with Crippen molar-refractivity contribution >= 4 is 40.5 Å². The highest BCUT2D eigenvalue weighted by Crippen LogP contribution is 2.50. The van der Waals surface area contributed by atoms with Crippen molar-refractivity contribution in [3.05, 3.63) is 45.7 Å². The summed E-state index contributed by atoms with van der Waals surface area (Å²) in [4.78, 5) is 37.9. The number of nitrogens with two attached hydrogens (primary N) is 1. The van der Waals surface area contributed by atoms with E-state index in [0.717, 1.165) is 6.92 Å². The van der Waals surface area contributed by atoms with Gasteiger partial charge in [-0.25, -0.2) is 0 Å². The smallest absolute Gasteiger partial charge is 0.206 e. The second kappa shape index (κ2) is 7.05. The number of rotatable bonds is 1. The zero-order valence-electron chi connectivity index (χ0n) is 17.0. The number of fused-ring (bicyclic) bond motifs is 3. The van der Waals surface area contributed by atoms with Crippen LogP contribution in [-0.4, -0.2) is 49.4 Å². The van der Waals surface area contributed by atoms with E-state index >= 15 is 0 Å².